The molecule has 1 aromatic carbocycles. The fourth-order valence-electron chi connectivity index (χ4n) is 3.71. The highest BCUT2D eigenvalue weighted by Gasteiger charge is 2.37. The zero-order chi connectivity index (χ0) is 29.0. The van der Waals surface area contributed by atoms with E-state index in [2.05, 4.69) is 17.2 Å². The lowest BCUT2D eigenvalue weighted by Crippen LogP contribution is -2.54. The summed E-state index contributed by atoms with van der Waals surface area (Å²) in [5.41, 5.74) is 6.73. The van der Waals surface area contributed by atoms with Gasteiger partial charge in [0.05, 0.1) is 19.4 Å². The van der Waals surface area contributed by atoms with Crippen molar-refractivity contribution in [1.82, 2.24) is 15.5 Å². The second-order valence-corrected chi connectivity index (χ2v) is 9.76. The molecule has 2 atom stereocenters. The second-order valence-electron chi connectivity index (χ2n) is 9.76. The van der Waals surface area contributed by atoms with Gasteiger partial charge in [0.15, 0.2) is 0 Å². The van der Waals surface area contributed by atoms with E-state index < -0.39 is 53.9 Å². The molecule has 0 heterocycles. The van der Waals surface area contributed by atoms with Crippen LogP contribution >= 0.6 is 0 Å². The number of aryl methyl sites for hydroxylation is 2. The van der Waals surface area contributed by atoms with Crippen molar-refractivity contribution < 1.29 is 33.4 Å². The molecule has 0 spiro atoms. The Morgan fingerprint density at radius 2 is 1.82 bits per heavy atom. The number of nitrogens with two attached hydrogens (primary N) is 1. The van der Waals surface area contributed by atoms with Crippen LogP contribution in [0.3, 0.4) is 0 Å². The average Bonchev–Trinajstić information content (AvgIpc) is 2.77. The molecule has 210 valence electrons. The van der Waals surface area contributed by atoms with Crippen molar-refractivity contribution in [1.29, 1.82) is 0 Å². The van der Waals surface area contributed by atoms with Gasteiger partial charge in [0.25, 0.3) is 0 Å². The van der Waals surface area contributed by atoms with E-state index in [0.717, 1.165) is 11.1 Å². The third kappa shape index (κ3) is 10.6. The molecule has 11 nitrogen and oxygen atoms in total. The van der Waals surface area contributed by atoms with Crippen LogP contribution < -0.4 is 16.4 Å². The van der Waals surface area contributed by atoms with Crippen molar-refractivity contribution in [3.63, 3.8) is 0 Å². The molecule has 0 aromatic heterocycles. The predicted molar refractivity (Wildman–Crippen MR) is 142 cm³/mol. The molecule has 0 aliphatic rings. The fourth-order valence-corrected chi connectivity index (χ4v) is 3.71. The lowest BCUT2D eigenvalue weighted by molar-refractivity contribution is -0.144. The molecular weight excluding hydrogens is 492 g/mol. The highest BCUT2D eigenvalue weighted by molar-refractivity contribution is 5.94. The lowest BCUT2D eigenvalue weighted by Gasteiger charge is -2.34. The topological polar surface area (TPSA) is 157 Å². The van der Waals surface area contributed by atoms with E-state index in [1.807, 2.05) is 13.0 Å². The summed E-state index contributed by atoms with van der Waals surface area (Å²) in [6.45, 7) is 14.1. The van der Waals surface area contributed by atoms with Gasteiger partial charge in [-0.15, -0.1) is 6.58 Å². The molecule has 2 unspecified atom stereocenters. The minimum absolute atomic E-state index is 0.0178. The molecule has 1 rings (SSSR count). The van der Waals surface area contributed by atoms with E-state index in [1.54, 1.807) is 46.8 Å². The van der Waals surface area contributed by atoms with Crippen LogP contribution in [-0.2, 0) is 28.7 Å². The third-order valence-corrected chi connectivity index (χ3v) is 5.22. The first kappa shape index (κ1) is 32.1. The lowest BCUT2D eigenvalue weighted by atomic mass is 9.96. The maximum Gasteiger partial charge on any atom is 0.408 e. The number of alkyl carbamates (subject to hydrolysis) is 1. The van der Waals surface area contributed by atoms with Gasteiger partial charge in [-0.25, -0.2) is 4.79 Å². The van der Waals surface area contributed by atoms with Crippen molar-refractivity contribution in [2.45, 2.75) is 72.1 Å². The van der Waals surface area contributed by atoms with E-state index in [9.17, 15) is 24.0 Å². The van der Waals surface area contributed by atoms with E-state index in [1.165, 1.54) is 11.0 Å². The van der Waals surface area contributed by atoms with Crippen molar-refractivity contribution >= 4 is 29.8 Å². The number of carbonyl (C=O) groups excluding carboxylic acids is 5. The smallest absolute Gasteiger partial charge is 0.408 e. The summed E-state index contributed by atoms with van der Waals surface area (Å²) in [6.07, 6.45) is -0.0677. The number of hydrogen-bond donors (Lipinski definition) is 3. The average molecular weight is 533 g/mol. The number of nitrogens with one attached hydrogen (secondary N) is 2. The number of esters is 1. The highest BCUT2D eigenvalue weighted by Crippen LogP contribution is 2.27. The quantitative estimate of drug-likeness (QED) is 0.260. The van der Waals surface area contributed by atoms with Crippen molar-refractivity contribution in [2.24, 2.45) is 5.73 Å². The first-order valence-electron chi connectivity index (χ1n) is 12.4. The standard InChI is InChI=1S/C27H40N4O7/c1-8-14-31(25(35)20(16-21(28)32)30-26(36)38-27(5,6)7)23(19-11-10-17(3)15-18(19)4)24(34)29-13-12-22(33)37-9-2/h8,10-11,15,20,23H,1,9,12-14,16H2,2-7H3,(H2,28,32)(H,29,34)(H,30,36). The summed E-state index contributed by atoms with van der Waals surface area (Å²) in [6, 6.07) is 2.83. The second kappa shape index (κ2) is 14.7. The molecule has 0 saturated carbocycles. The number of carbonyl (C=O) groups is 5. The van der Waals surface area contributed by atoms with Crippen molar-refractivity contribution in [3.8, 4) is 0 Å². The van der Waals surface area contributed by atoms with E-state index in [-0.39, 0.29) is 26.1 Å². The number of primary amides is 1. The van der Waals surface area contributed by atoms with Crippen LogP contribution in [-0.4, -0.2) is 66.0 Å². The highest BCUT2D eigenvalue weighted by atomic mass is 16.6. The Morgan fingerprint density at radius 3 is 2.34 bits per heavy atom. The molecule has 0 bridgehead atoms. The van der Waals surface area contributed by atoms with Gasteiger partial charge in [-0.1, -0.05) is 29.8 Å². The minimum Gasteiger partial charge on any atom is -0.466 e. The van der Waals surface area contributed by atoms with Gasteiger partial charge in [0.2, 0.25) is 17.7 Å². The summed E-state index contributed by atoms with van der Waals surface area (Å²) < 4.78 is 10.1. The van der Waals surface area contributed by atoms with Gasteiger partial charge < -0.3 is 30.7 Å². The SMILES string of the molecule is C=CCN(C(=O)C(CC(N)=O)NC(=O)OC(C)(C)C)C(C(=O)NCCC(=O)OCC)c1ccc(C)cc1C. The molecule has 0 aliphatic heterocycles. The molecule has 0 aliphatic carbocycles. The molecule has 0 fully saturated rings. The Kier molecular flexibility index (Phi) is 12.5. The fraction of sp³-hybridized carbons (Fsp3) is 0.519. The van der Waals surface area contributed by atoms with Crippen LogP contribution in [0, 0.1) is 13.8 Å². The number of nitrogens with zero attached hydrogens (tertiary/aromatic N) is 1. The molecule has 38 heavy (non-hydrogen) atoms. The third-order valence-electron chi connectivity index (χ3n) is 5.22. The van der Waals surface area contributed by atoms with Crippen molar-refractivity contribution in [2.75, 3.05) is 19.7 Å². The largest absolute Gasteiger partial charge is 0.466 e. The zero-order valence-corrected chi connectivity index (χ0v) is 23.1. The van der Waals surface area contributed by atoms with Crippen LogP contribution in [0.1, 0.15) is 63.3 Å². The van der Waals surface area contributed by atoms with Gasteiger partial charge in [0.1, 0.15) is 17.7 Å². The Balaban J connectivity index is 3.44. The molecular formula is C27H40N4O7. The number of rotatable bonds is 13. The maximum absolute atomic E-state index is 13.8. The summed E-state index contributed by atoms with van der Waals surface area (Å²) in [7, 11) is 0. The Hall–Kier alpha value is -3.89. The maximum atomic E-state index is 13.8. The van der Waals surface area contributed by atoms with Crippen LogP contribution in [0.15, 0.2) is 30.9 Å². The molecule has 0 saturated heterocycles. The first-order chi connectivity index (χ1) is 17.7. The minimum atomic E-state index is -1.40. The molecule has 0 radical (unpaired) electrons. The number of hydrogen-bond acceptors (Lipinski definition) is 7. The van der Waals surface area contributed by atoms with E-state index in [4.69, 9.17) is 15.2 Å². The molecule has 4 N–H and O–H groups in total. The Bertz CT molecular complexity index is 1030. The van der Waals surface area contributed by atoms with Crippen LogP contribution in [0.25, 0.3) is 0 Å². The number of benzene rings is 1. The summed E-state index contributed by atoms with van der Waals surface area (Å²) >= 11 is 0. The van der Waals surface area contributed by atoms with Gasteiger partial charge >= 0.3 is 12.1 Å². The molecule has 11 heteroatoms. The van der Waals surface area contributed by atoms with E-state index >= 15 is 0 Å². The number of ether oxygens (including phenoxy) is 2. The van der Waals surface area contributed by atoms with Gasteiger partial charge in [-0.2, -0.15) is 0 Å². The predicted octanol–water partition coefficient (Wildman–Crippen LogP) is 2.20. The summed E-state index contributed by atoms with van der Waals surface area (Å²) in [4.78, 5) is 64.5. The normalized spacial score (nSPS) is 12.5. The summed E-state index contributed by atoms with van der Waals surface area (Å²) in [5.74, 6) is -2.61. The van der Waals surface area contributed by atoms with Gasteiger partial charge in [-0.05, 0) is 52.7 Å². The van der Waals surface area contributed by atoms with Crippen molar-refractivity contribution in [3.05, 3.63) is 47.5 Å². The van der Waals surface area contributed by atoms with E-state index in [0.29, 0.717) is 5.56 Å². The monoisotopic (exact) mass is 532 g/mol. The molecule has 1 aromatic rings. The number of amides is 4. The Labute approximate surface area is 224 Å². The zero-order valence-electron chi connectivity index (χ0n) is 23.1. The summed E-state index contributed by atoms with van der Waals surface area (Å²) in [5, 5.41) is 5.09. The Morgan fingerprint density at radius 1 is 1.16 bits per heavy atom. The van der Waals surface area contributed by atoms with Gasteiger partial charge in [-0.3, -0.25) is 19.2 Å². The van der Waals surface area contributed by atoms with Gasteiger partial charge in [0, 0.05) is 13.1 Å². The van der Waals surface area contributed by atoms with Crippen LogP contribution in [0.5, 0.6) is 0 Å². The van der Waals surface area contributed by atoms with Crippen LogP contribution in [0.4, 0.5) is 4.79 Å². The first-order valence-corrected chi connectivity index (χ1v) is 12.4. The van der Waals surface area contributed by atoms with Crippen LogP contribution in [0.2, 0.25) is 0 Å². The molecule has 4 amide bonds.